The lowest BCUT2D eigenvalue weighted by atomic mass is 10.1. The molecule has 0 unspecified atom stereocenters. The monoisotopic (exact) mass is 383 g/mol. The number of aromatic nitrogens is 2. The third kappa shape index (κ3) is 4.89. The van der Waals surface area contributed by atoms with Crippen LogP contribution in [0.5, 0.6) is 5.75 Å². The molecule has 0 saturated carbocycles. The maximum absolute atomic E-state index is 12.3. The zero-order valence-corrected chi connectivity index (χ0v) is 16.2. The van der Waals surface area contributed by atoms with E-state index in [1.165, 1.54) is 0 Å². The highest BCUT2D eigenvalue weighted by Crippen LogP contribution is 2.21. The fourth-order valence-electron chi connectivity index (χ4n) is 2.69. The minimum atomic E-state index is -0.111. The van der Waals surface area contributed by atoms with Crippen molar-refractivity contribution in [1.29, 1.82) is 0 Å². The zero-order chi connectivity index (χ0) is 19.2. The van der Waals surface area contributed by atoms with Gasteiger partial charge in [-0.2, -0.15) is 5.10 Å². The van der Waals surface area contributed by atoms with E-state index in [0.29, 0.717) is 18.7 Å². The molecule has 140 valence electrons. The molecule has 27 heavy (non-hydrogen) atoms. The van der Waals surface area contributed by atoms with Crippen LogP contribution in [0.25, 0.3) is 0 Å². The summed E-state index contributed by atoms with van der Waals surface area (Å²) in [6.45, 7) is 5.62. The Morgan fingerprint density at radius 1 is 1.19 bits per heavy atom. The molecule has 0 saturated heterocycles. The summed E-state index contributed by atoms with van der Waals surface area (Å²) in [7, 11) is 0. The lowest BCUT2D eigenvalue weighted by Gasteiger charge is -2.09. The number of benzene rings is 2. The molecule has 0 aliphatic heterocycles. The molecule has 1 aromatic heterocycles. The van der Waals surface area contributed by atoms with Crippen molar-refractivity contribution < 1.29 is 9.53 Å². The first-order valence-corrected chi connectivity index (χ1v) is 9.21. The van der Waals surface area contributed by atoms with Gasteiger partial charge >= 0.3 is 0 Å². The van der Waals surface area contributed by atoms with Gasteiger partial charge < -0.3 is 10.1 Å². The lowest BCUT2D eigenvalue weighted by molar-refractivity contribution is 0.0950. The van der Waals surface area contributed by atoms with Crippen LogP contribution in [0.15, 0.2) is 54.7 Å². The molecule has 3 rings (SSSR count). The zero-order valence-electron chi connectivity index (χ0n) is 15.4. The van der Waals surface area contributed by atoms with E-state index in [0.717, 1.165) is 34.1 Å². The van der Waals surface area contributed by atoms with Gasteiger partial charge in [0.1, 0.15) is 12.4 Å². The molecule has 0 radical (unpaired) electrons. The number of amides is 1. The summed E-state index contributed by atoms with van der Waals surface area (Å²) in [5.41, 5.74) is 3.56. The van der Waals surface area contributed by atoms with Crippen LogP contribution in [0.1, 0.15) is 34.1 Å². The van der Waals surface area contributed by atoms with Crippen molar-refractivity contribution >= 4 is 17.5 Å². The Bertz CT molecular complexity index is 919. The quantitative estimate of drug-likeness (QED) is 0.659. The lowest BCUT2D eigenvalue weighted by Crippen LogP contribution is -2.24. The summed E-state index contributed by atoms with van der Waals surface area (Å²) in [5, 5.41) is 7.84. The standard InChI is InChI=1S/C21H22ClN3O2/c1-3-25-18(10-11-24-25)13-23-21(26)17-6-4-16(5-7-17)14-27-19-8-9-20(22)15(2)12-19/h4-12H,3,13-14H2,1-2H3,(H,23,26). The molecule has 0 atom stereocenters. The molecule has 1 N–H and O–H groups in total. The number of halogens is 1. The largest absolute Gasteiger partial charge is 0.489 e. The smallest absolute Gasteiger partial charge is 0.251 e. The van der Waals surface area contributed by atoms with Gasteiger partial charge in [0.2, 0.25) is 0 Å². The first-order valence-electron chi connectivity index (χ1n) is 8.83. The van der Waals surface area contributed by atoms with E-state index >= 15 is 0 Å². The Balaban J connectivity index is 1.54. The number of carbonyl (C=O) groups is 1. The molecule has 1 heterocycles. The maximum Gasteiger partial charge on any atom is 0.251 e. The second kappa shape index (κ2) is 8.73. The molecule has 2 aromatic carbocycles. The molecule has 3 aromatic rings. The molecule has 0 aliphatic rings. The van der Waals surface area contributed by atoms with Gasteiger partial charge in [-0.15, -0.1) is 0 Å². The van der Waals surface area contributed by atoms with E-state index in [1.807, 2.05) is 54.9 Å². The minimum absolute atomic E-state index is 0.111. The van der Waals surface area contributed by atoms with Gasteiger partial charge in [0, 0.05) is 23.3 Å². The Labute approximate surface area is 163 Å². The van der Waals surface area contributed by atoms with E-state index in [4.69, 9.17) is 16.3 Å². The van der Waals surface area contributed by atoms with Crippen LogP contribution in [-0.4, -0.2) is 15.7 Å². The SMILES string of the molecule is CCn1nccc1CNC(=O)c1ccc(COc2ccc(Cl)c(C)c2)cc1. The van der Waals surface area contributed by atoms with E-state index in [1.54, 1.807) is 18.3 Å². The Morgan fingerprint density at radius 3 is 2.67 bits per heavy atom. The van der Waals surface area contributed by atoms with Crippen LogP contribution in [0.2, 0.25) is 5.02 Å². The number of carbonyl (C=O) groups excluding carboxylic acids is 1. The van der Waals surface area contributed by atoms with Crippen LogP contribution in [-0.2, 0) is 19.7 Å². The van der Waals surface area contributed by atoms with Crippen molar-refractivity contribution in [1.82, 2.24) is 15.1 Å². The summed E-state index contributed by atoms with van der Waals surface area (Å²) < 4.78 is 7.64. The van der Waals surface area contributed by atoms with Crippen molar-refractivity contribution in [2.75, 3.05) is 0 Å². The fraction of sp³-hybridized carbons (Fsp3) is 0.238. The highest BCUT2D eigenvalue weighted by molar-refractivity contribution is 6.31. The van der Waals surface area contributed by atoms with Gasteiger partial charge in [-0.3, -0.25) is 9.48 Å². The summed E-state index contributed by atoms with van der Waals surface area (Å²) >= 11 is 6.02. The first-order chi connectivity index (χ1) is 13.1. The molecule has 1 amide bonds. The van der Waals surface area contributed by atoms with Crippen molar-refractivity contribution in [2.24, 2.45) is 0 Å². The van der Waals surface area contributed by atoms with Gasteiger partial charge in [0.25, 0.3) is 5.91 Å². The number of aryl methyl sites for hydroxylation is 2. The predicted octanol–water partition coefficient (Wildman–Crippen LogP) is 4.37. The number of hydrogen-bond donors (Lipinski definition) is 1. The number of ether oxygens (including phenoxy) is 1. The summed E-state index contributed by atoms with van der Waals surface area (Å²) in [4.78, 5) is 12.3. The van der Waals surface area contributed by atoms with Crippen LogP contribution >= 0.6 is 11.6 Å². The Morgan fingerprint density at radius 2 is 1.96 bits per heavy atom. The number of nitrogens with zero attached hydrogens (tertiary/aromatic N) is 2. The highest BCUT2D eigenvalue weighted by Gasteiger charge is 2.08. The van der Waals surface area contributed by atoms with Crippen molar-refractivity contribution in [3.63, 3.8) is 0 Å². The van der Waals surface area contributed by atoms with Gasteiger partial charge in [0.15, 0.2) is 0 Å². The molecular formula is C21H22ClN3O2. The van der Waals surface area contributed by atoms with Gasteiger partial charge in [0.05, 0.1) is 12.2 Å². The maximum atomic E-state index is 12.3. The number of hydrogen-bond acceptors (Lipinski definition) is 3. The van der Waals surface area contributed by atoms with E-state index in [2.05, 4.69) is 10.4 Å². The predicted molar refractivity (Wildman–Crippen MR) is 106 cm³/mol. The van der Waals surface area contributed by atoms with E-state index in [9.17, 15) is 4.79 Å². The summed E-state index contributed by atoms with van der Waals surface area (Å²) in [6.07, 6.45) is 1.74. The average molecular weight is 384 g/mol. The van der Waals surface area contributed by atoms with Crippen LogP contribution < -0.4 is 10.1 Å². The number of nitrogens with one attached hydrogen (secondary N) is 1. The topological polar surface area (TPSA) is 56.2 Å². The Kier molecular flexibility index (Phi) is 6.14. The molecule has 6 heteroatoms. The molecule has 0 bridgehead atoms. The molecular weight excluding hydrogens is 362 g/mol. The minimum Gasteiger partial charge on any atom is -0.489 e. The van der Waals surface area contributed by atoms with Gasteiger partial charge in [-0.05, 0) is 61.4 Å². The molecule has 0 spiro atoms. The molecule has 0 aliphatic carbocycles. The molecule has 5 nitrogen and oxygen atoms in total. The van der Waals surface area contributed by atoms with Crippen LogP contribution in [0.4, 0.5) is 0 Å². The normalized spacial score (nSPS) is 10.6. The van der Waals surface area contributed by atoms with Crippen LogP contribution in [0.3, 0.4) is 0 Å². The van der Waals surface area contributed by atoms with E-state index in [-0.39, 0.29) is 5.91 Å². The van der Waals surface area contributed by atoms with Gasteiger partial charge in [-0.1, -0.05) is 23.7 Å². The highest BCUT2D eigenvalue weighted by atomic mass is 35.5. The van der Waals surface area contributed by atoms with Gasteiger partial charge in [-0.25, -0.2) is 0 Å². The average Bonchev–Trinajstić information content (AvgIpc) is 3.15. The second-order valence-corrected chi connectivity index (χ2v) is 6.62. The summed E-state index contributed by atoms with van der Waals surface area (Å²) in [6, 6.07) is 14.9. The summed E-state index contributed by atoms with van der Waals surface area (Å²) in [5.74, 6) is 0.658. The molecule has 0 fully saturated rings. The third-order valence-electron chi connectivity index (χ3n) is 4.29. The van der Waals surface area contributed by atoms with E-state index < -0.39 is 0 Å². The first kappa shape index (κ1) is 19.0. The van der Waals surface area contributed by atoms with Crippen molar-refractivity contribution in [3.05, 3.63) is 82.1 Å². The fourth-order valence-corrected chi connectivity index (χ4v) is 2.81. The second-order valence-electron chi connectivity index (χ2n) is 6.22. The van der Waals surface area contributed by atoms with Crippen LogP contribution in [0, 0.1) is 6.92 Å². The third-order valence-corrected chi connectivity index (χ3v) is 4.71. The Hall–Kier alpha value is -2.79. The number of rotatable bonds is 7. The van der Waals surface area contributed by atoms with Crippen molar-refractivity contribution in [2.45, 2.75) is 33.5 Å². The van der Waals surface area contributed by atoms with Crippen molar-refractivity contribution in [3.8, 4) is 5.75 Å².